The summed E-state index contributed by atoms with van der Waals surface area (Å²) >= 11 is 3.35. The second kappa shape index (κ2) is 4.20. The Hall–Kier alpha value is -1.69. The summed E-state index contributed by atoms with van der Waals surface area (Å²) in [5.41, 5.74) is 7.02. The Morgan fingerprint density at radius 3 is 2.89 bits per heavy atom. The lowest BCUT2D eigenvalue weighted by molar-refractivity contribution is 0.174. The maximum absolute atomic E-state index is 5.95. The molecule has 1 unspecified atom stereocenters. The molecule has 1 aromatic carbocycles. The number of fused-ring (bicyclic) bond motifs is 1. The molecule has 0 aliphatic carbocycles. The molecule has 0 saturated heterocycles. The quantitative estimate of drug-likeness (QED) is 0.926. The molecule has 3 rings (SSSR count). The summed E-state index contributed by atoms with van der Waals surface area (Å²) < 4.78 is 13.2. The molecule has 6 heteroatoms. The Labute approximate surface area is 113 Å². The van der Waals surface area contributed by atoms with Crippen molar-refractivity contribution in [3.8, 4) is 11.5 Å². The van der Waals surface area contributed by atoms with E-state index in [1.165, 1.54) is 0 Å². The van der Waals surface area contributed by atoms with Crippen molar-refractivity contribution in [3.63, 3.8) is 0 Å². The molecule has 1 aliphatic heterocycles. The molecular formula is C12H12BrN3O2. The van der Waals surface area contributed by atoms with E-state index in [4.69, 9.17) is 15.2 Å². The fourth-order valence-electron chi connectivity index (χ4n) is 1.97. The van der Waals surface area contributed by atoms with Crippen molar-refractivity contribution in [2.75, 3.05) is 12.5 Å². The third kappa shape index (κ3) is 1.73. The number of nitrogens with two attached hydrogens (primary N) is 1. The number of halogens is 1. The molecule has 0 spiro atoms. The highest BCUT2D eigenvalue weighted by Crippen LogP contribution is 2.35. The van der Waals surface area contributed by atoms with Gasteiger partial charge in [0.15, 0.2) is 11.5 Å². The van der Waals surface area contributed by atoms with Crippen LogP contribution < -0.4 is 15.2 Å². The Morgan fingerprint density at radius 1 is 1.39 bits per heavy atom. The summed E-state index contributed by atoms with van der Waals surface area (Å²) in [6.45, 7) is 2.32. The number of ether oxygens (including phenoxy) is 2. The first-order valence-corrected chi connectivity index (χ1v) is 6.34. The Bertz CT molecular complexity index is 597. The molecule has 5 nitrogen and oxygen atoms in total. The van der Waals surface area contributed by atoms with Crippen LogP contribution >= 0.6 is 15.9 Å². The third-order valence-electron chi connectivity index (χ3n) is 3.03. The van der Waals surface area contributed by atoms with Gasteiger partial charge < -0.3 is 15.2 Å². The van der Waals surface area contributed by atoms with Gasteiger partial charge in [-0.05, 0) is 40.5 Å². The minimum atomic E-state index is 0.0331. The van der Waals surface area contributed by atoms with Crippen LogP contribution in [-0.2, 0) is 0 Å². The number of hydrogen-bond donors (Lipinski definition) is 1. The molecule has 94 valence electrons. The van der Waals surface area contributed by atoms with E-state index < -0.39 is 0 Å². The molecule has 0 bridgehead atoms. The summed E-state index contributed by atoms with van der Waals surface area (Å²) in [4.78, 5) is 0. The molecular weight excluding hydrogens is 298 g/mol. The van der Waals surface area contributed by atoms with Gasteiger partial charge in [-0.1, -0.05) is 6.07 Å². The third-order valence-corrected chi connectivity index (χ3v) is 3.64. The van der Waals surface area contributed by atoms with Crippen LogP contribution in [0.4, 0.5) is 5.82 Å². The summed E-state index contributed by atoms with van der Waals surface area (Å²) in [7, 11) is 0. The number of hydrogen-bond acceptors (Lipinski definition) is 4. The van der Waals surface area contributed by atoms with E-state index in [2.05, 4.69) is 21.0 Å². The molecule has 1 atom stereocenters. The van der Waals surface area contributed by atoms with Gasteiger partial charge in [-0.15, -0.1) is 0 Å². The molecule has 1 aliphatic rings. The van der Waals surface area contributed by atoms with Crippen LogP contribution in [0.1, 0.15) is 18.5 Å². The summed E-state index contributed by atoms with van der Waals surface area (Å²) in [6, 6.07) is 5.89. The van der Waals surface area contributed by atoms with Crippen molar-refractivity contribution in [2.24, 2.45) is 0 Å². The molecule has 18 heavy (non-hydrogen) atoms. The number of anilines is 1. The maximum atomic E-state index is 5.95. The second-order valence-electron chi connectivity index (χ2n) is 4.11. The molecule has 0 amide bonds. The second-order valence-corrected chi connectivity index (χ2v) is 4.97. The van der Waals surface area contributed by atoms with Crippen LogP contribution in [-0.4, -0.2) is 16.6 Å². The van der Waals surface area contributed by atoms with E-state index in [0.717, 1.165) is 21.5 Å². The van der Waals surface area contributed by atoms with Crippen molar-refractivity contribution in [2.45, 2.75) is 13.0 Å². The molecule has 0 saturated carbocycles. The lowest BCUT2D eigenvalue weighted by Gasteiger charge is -2.14. The largest absolute Gasteiger partial charge is 0.454 e. The molecule has 0 fully saturated rings. The summed E-state index contributed by atoms with van der Waals surface area (Å²) in [5, 5.41) is 4.26. The number of nitrogens with zero attached hydrogens (tertiary/aromatic N) is 2. The minimum Gasteiger partial charge on any atom is -0.454 e. The monoisotopic (exact) mass is 309 g/mol. The van der Waals surface area contributed by atoms with E-state index in [-0.39, 0.29) is 12.8 Å². The normalized spacial score (nSPS) is 14.8. The average molecular weight is 310 g/mol. The number of nitrogen functional groups attached to an aromatic ring is 1. The highest BCUT2D eigenvalue weighted by molar-refractivity contribution is 9.10. The lowest BCUT2D eigenvalue weighted by atomic mass is 10.1. The van der Waals surface area contributed by atoms with Gasteiger partial charge in [-0.25, -0.2) is 4.68 Å². The van der Waals surface area contributed by atoms with E-state index in [1.807, 2.05) is 25.1 Å². The highest BCUT2D eigenvalue weighted by Gasteiger charge is 2.18. The zero-order valence-corrected chi connectivity index (χ0v) is 11.3. The van der Waals surface area contributed by atoms with Crippen molar-refractivity contribution < 1.29 is 9.47 Å². The van der Waals surface area contributed by atoms with Crippen molar-refractivity contribution in [1.29, 1.82) is 0 Å². The Kier molecular flexibility index (Phi) is 2.66. The van der Waals surface area contributed by atoms with Gasteiger partial charge in [-0.3, -0.25) is 0 Å². The van der Waals surface area contributed by atoms with Crippen LogP contribution in [0, 0.1) is 0 Å². The molecule has 2 N–H and O–H groups in total. The Balaban J connectivity index is 1.97. The first-order valence-electron chi connectivity index (χ1n) is 5.55. The first-order chi connectivity index (χ1) is 8.66. The van der Waals surface area contributed by atoms with E-state index in [0.29, 0.717) is 5.82 Å². The topological polar surface area (TPSA) is 62.3 Å². The van der Waals surface area contributed by atoms with Gasteiger partial charge in [0.2, 0.25) is 6.79 Å². The SMILES string of the molecule is CC(c1ccc2c(c1)OCO2)n1ncc(Br)c1N. The van der Waals surface area contributed by atoms with Gasteiger partial charge in [-0.2, -0.15) is 5.10 Å². The van der Waals surface area contributed by atoms with E-state index >= 15 is 0 Å². The predicted octanol–water partition coefficient (Wildman–Crippen LogP) is 2.57. The van der Waals surface area contributed by atoms with Gasteiger partial charge in [0, 0.05) is 0 Å². The standard InChI is InChI=1S/C12H12BrN3O2/c1-7(16-12(14)9(13)5-15-16)8-2-3-10-11(4-8)18-6-17-10/h2-5,7H,6,14H2,1H3. The molecule has 2 aromatic rings. The predicted molar refractivity (Wildman–Crippen MR) is 70.7 cm³/mol. The Morgan fingerprint density at radius 2 is 2.17 bits per heavy atom. The van der Waals surface area contributed by atoms with Crippen molar-refractivity contribution in [1.82, 2.24) is 9.78 Å². The van der Waals surface area contributed by atoms with Crippen LogP contribution in [0.25, 0.3) is 0 Å². The maximum Gasteiger partial charge on any atom is 0.231 e. The van der Waals surface area contributed by atoms with Crippen LogP contribution in [0.2, 0.25) is 0 Å². The highest BCUT2D eigenvalue weighted by atomic mass is 79.9. The molecule has 2 heterocycles. The summed E-state index contributed by atoms with van der Waals surface area (Å²) in [5.74, 6) is 2.16. The fourth-order valence-corrected chi connectivity index (χ4v) is 2.25. The van der Waals surface area contributed by atoms with Gasteiger partial charge in [0.25, 0.3) is 0 Å². The van der Waals surface area contributed by atoms with E-state index in [1.54, 1.807) is 10.9 Å². The molecule has 0 radical (unpaired) electrons. The first kappa shape index (κ1) is 11.4. The lowest BCUT2D eigenvalue weighted by Crippen LogP contribution is -2.11. The smallest absolute Gasteiger partial charge is 0.231 e. The molecule has 1 aromatic heterocycles. The van der Waals surface area contributed by atoms with Crippen molar-refractivity contribution in [3.05, 3.63) is 34.4 Å². The van der Waals surface area contributed by atoms with Gasteiger partial charge in [0.05, 0.1) is 16.7 Å². The van der Waals surface area contributed by atoms with Crippen molar-refractivity contribution >= 4 is 21.7 Å². The van der Waals surface area contributed by atoms with Crippen LogP contribution in [0.5, 0.6) is 11.5 Å². The zero-order chi connectivity index (χ0) is 12.7. The number of aromatic nitrogens is 2. The van der Waals surface area contributed by atoms with Gasteiger partial charge >= 0.3 is 0 Å². The van der Waals surface area contributed by atoms with Crippen LogP contribution in [0.3, 0.4) is 0 Å². The fraction of sp³-hybridized carbons (Fsp3) is 0.250. The minimum absolute atomic E-state index is 0.0331. The summed E-state index contributed by atoms with van der Waals surface area (Å²) in [6.07, 6.45) is 1.69. The van der Waals surface area contributed by atoms with E-state index in [9.17, 15) is 0 Å². The zero-order valence-electron chi connectivity index (χ0n) is 9.76. The average Bonchev–Trinajstić information content (AvgIpc) is 2.96. The van der Waals surface area contributed by atoms with Gasteiger partial charge in [0.1, 0.15) is 5.82 Å². The van der Waals surface area contributed by atoms with Crippen LogP contribution in [0.15, 0.2) is 28.9 Å². The number of rotatable bonds is 2. The number of benzene rings is 1.